The van der Waals surface area contributed by atoms with Crippen molar-refractivity contribution in [3.63, 3.8) is 0 Å². The second kappa shape index (κ2) is 8.27. The van der Waals surface area contributed by atoms with E-state index in [4.69, 9.17) is 9.47 Å². The first-order valence-corrected chi connectivity index (χ1v) is 6.95. The van der Waals surface area contributed by atoms with Crippen LogP contribution in [0.2, 0.25) is 0 Å². The quantitative estimate of drug-likeness (QED) is 0.781. The fourth-order valence-corrected chi connectivity index (χ4v) is 2.15. The molecule has 0 saturated carbocycles. The Morgan fingerprint density at radius 3 is 2.74 bits per heavy atom. The highest BCUT2D eigenvalue weighted by molar-refractivity contribution is 5.13. The molecule has 1 aliphatic heterocycles. The first kappa shape index (κ1) is 14.5. The highest BCUT2D eigenvalue weighted by atomic mass is 16.5. The highest BCUT2D eigenvalue weighted by Gasteiger charge is 2.14. The standard InChI is InChI=1S/C15H23NO3/c17-15(10-16-14-6-8-18-9-7-14)12-19-11-13-4-2-1-3-5-13/h1-5,14-17H,6-12H2. The van der Waals surface area contributed by atoms with Crippen LogP contribution in [0.25, 0.3) is 0 Å². The van der Waals surface area contributed by atoms with E-state index in [1.165, 1.54) is 0 Å². The molecule has 0 aliphatic carbocycles. The molecule has 19 heavy (non-hydrogen) atoms. The predicted molar refractivity (Wildman–Crippen MR) is 73.9 cm³/mol. The molecule has 2 rings (SSSR count). The van der Waals surface area contributed by atoms with Crippen molar-refractivity contribution in [3.05, 3.63) is 35.9 Å². The summed E-state index contributed by atoms with van der Waals surface area (Å²) in [6.07, 6.45) is 1.60. The lowest BCUT2D eigenvalue weighted by Gasteiger charge is -2.24. The summed E-state index contributed by atoms with van der Waals surface area (Å²) in [6, 6.07) is 10.5. The van der Waals surface area contributed by atoms with Crippen LogP contribution in [0.4, 0.5) is 0 Å². The van der Waals surface area contributed by atoms with Gasteiger partial charge in [0.15, 0.2) is 0 Å². The normalized spacial score (nSPS) is 18.4. The van der Waals surface area contributed by atoms with E-state index < -0.39 is 6.10 Å². The summed E-state index contributed by atoms with van der Waals surface area (Å²) in [5, 5.41) is 13.2. The van der Waals surface area contributed by atoms with Gasteiger partial charge in [0.2, 0.25) is 0 Å². The van der Waals surface area contributed by atoms with Gasteiger partial charge in [-0.25, -0.2) is 0 Å². The first-order chi connectivity index (χ1) is 9.34. The fraction of sp³-hybridized carbons (Fsp3) is 0.600. The Bertz CT molecular complexity index is 339. The van der Waals surface area contributed by atoms with Gasteiger partial charge >= 0.3 is 0 Å². The first-order valence-electron chi connectivity index (χ1n) is 6.95. The highest BCUT2D eigenvalue weighted by Crippen LogP contribution is 2.06. The van der Waals surface area contributed by atoms with E-state index >= 15 is 0 Å². The lowest BCUT2D eigenvalue weighted by atomic mass is 10.1. The molecule has 1 atom stereocenters. The zero-order chi connectivity index (χ0) is 13.3. The van der Waals surface area contributed by atoms with Gasteiger partial charge in [-0.15, -0.1) is 0 Å². The minimum absolute atomic E-state index is 0.366. The second-order valence-corrected chi connectivity index (χ2v) is 4.95. The Labute approximate surface area is 114 Å². The number of rotatable bonds is 7. The van der Waals surface area contributed by atoms with Gasteiger partial charge in [0.25, 0.3) is 0 Å². The molecule has 0 bridgehead atoms. The number of aliphatic hydroxyl groups excluding tert-OH is 1. The Morgan fingerprint density at radius 2 is 2.00 bits per heavy atom. The Kier molecular flexibility index (Phi) is 6.30. The van der Waals surface area contributed by atoms with E-state index in [9.17, 15) is 5.11 Å². The van der Waals surface area contributed by atoms with Gasteiger partial charge in [0.05, 0.1) is 19.3 Å². The second-order valence-electron chi connectivity index (χ2n) is 4.95. The average molecular weight is 265 g/mol. The van der Waals surface area contributed by atoms with Gasteiger partial charge in [-0.05, 0) is 18.4 Å². The zero-order valence-corrected chi connectivity index (χ0v) is 11.3. The summed E-state index contributed by atoms with van der Waals surface area (Å²) in [6.45, 7) is 3.14. The van der Waals surface area contributed by atoms with Gasteiger partial charge in [-0.3, -0.25) is 0 Å². The summed E-state index contributed by atoms with van der Waals surface area (Å²) in [5.41, 5.74) is 1.13. The molecule has 1 fully saturated rings. The molecular weight excluding hydrogens is 242 g/mol. The summed E-state index contributed by atoms with van der Waals surface area (Å²) in [4.78, 5) is 0. The van der Waals surface area contributed by atoms with Gasteiger partial charge in [0, 0.05) is 25.8 Å². The van der Waals surface area contributed by atoms with Crippen LogP contribution in [-0.4, -0.2) is 43.6 Å². The molecule has 0 radical (unpaired) electrons. The number of hydrogen-bond acceptors (Lipinski definition) is 4. The number of benzene rings is 1. The molecule has 1 saturated heterocycles. The average Bonchev–Trinajstić information content (AvgIpc) is 2.47. The van der Waals surface area contributed by atoms with Crippen molar-refractivity contribution in [2.45, 2.75) is 31.6 Å². The van der Waals surface area contributed by atoms with Crippen molar-refractivity contribution in [2.75, 3.05) is 26.4 Å². The zero-order valence-electron chi connectivity index (χ0n) is 11.3. The molecular formula is C15H23NO3. The van der Waals surface area contributed by atoms with Gasteiger partial charge in [0.1, 0.15) is 0 Å². The van der Waals surface area contributed by atoms with E-state index in [1.807, 2.05) is 30.3 Å². The summed E-state index contributed by atoms with van der Waals surface area (Å²) < 4.78 is 10.8. The molecule has 2 N–H and O–H groups in total. The molecule has 4 nitrogen and oxygen atoms in total. The third kappa shape index (κ3) is 5.70. The molecule has 0 amide bonds. The van der Waals surface area contributed by atoms with Crippen LogP contribution in [0.5, 0.6) is 0 Å². The van der Waals surface area contributed by atoms with E-state index in [2.05, 4.69) is 5.32 Å². The maximum Gasteiger partial charge on any atom is 0.0897 e. The summed E-state index contributed by atoms with van der Waals surface area (Å²) >= 11 is 0. The third-order valence-electron chi connectivity index (χ3n) is 3.29. The minimum atomic E-state index is -0.452. The molecule has 0 spiro atoms. The Hall–Kier alpha value is -0.940. The largest absolute Gasteiger partial charge is 0.389 e. The maximum absolute atomic E-state index is 9.84. The van der Waals surface area contributed by atoms with Crippen LogP contribution >= 0.6 is 0 Å². The molecule has 1 aromatic rings. The Balaban J connectivity index is 1.55. The van der Waals surface area contributed by atoms with Crippen molar-refractivity contribution >= 4 is 0 Å². The molecule has 4 heteroatoms. The monoisotopic (exact) mass is 265 g/mol. The fourth-order valence-electron chi connectivity index (χ4n) is 2.15. The number of nitrogens with one attached hydrogen (secondary N) is 1. The SMILES string of the molecule is OC(CNC1CCOCC1)COCc1ccccc1. The van der Waals surface area contributed by atoms with E-state index in [0.29, 0.717) is 25.8 Å². The molecule has 106 valence electrons. The van der Waals surface area contributed by atoms with Crippen LogP contribution in [0.3, 0.4) is 0 Å². The van der Waals surface area contributed by atoms with Crippen molar-refractivity contribution < 1.29 is 14.6 Å². The molecule has 1 unspecified atom stereocenters. The van der Waals surface area contributed by atoms with Crippen molar-refractivity contribution in [1.82, 2.24) is 5.32 Å². The molecule has 1 aromatic carbocycles. The molecule has 1 heterocycles. The van der Waals surface area contributed by atoms with Crippen LogP contribution in [-0.2, 0) is 16.1 Å². The van der Waals surface area contributed by atoms with Crippen LogP contribution < -0.4 is 5.32 Å². The summed E-state index contributed by atoms with van der Waals surface area (Å²) in [7, 11) is 0. The van der Waals surface area contributed by atoms with E-state index in [-0.39, 0.29) is 0 Å². The van der Waals surface area contributed by atoms with E-state index in [0.717, 1.165) is 31.6 Å². The van der Waals surface area contributed by atoms with Crippen LogP contribution in [0, 0.1) is 0 Å². The van der Waals surface area contributed by atoms with Crippen LogP contribution in [0.1, 0.15) is 18.4 Å². The molecule has 1 aliphatic rings. The number of hydrogen-bond donors (Lipinski definition) is 2. The third-order valence-corrected chi connectivity index (χ3v) is 3.29. The van der Waals surface area contributed by atoms with Gasteiger partial charge < -0.3 is 19.9 Å². The maximum atomic E-state index is 9.84. The van der Waals surface area contributed by atoms with E-state index in [1.54, 1.807) is 0 Å². The lowest BCUT2D eigenvalue weighted by molar-refractivity contribution is 0.0229. The van der Waals surface area contributed by atoms with Gasteiger partial charge in [-0.1, -0.05) is 30.3 Å². The van der Waals surface area contributed by atoms with Crippen molar-refractivity contribution in [3.8, 4) is 0 Å². The summed E-state index contributed by atoms with van der Waals surface area (Å²) in [5.74, 6) is 0. The number of aliphatic hydroxyl groups is 1. The smallest absolute Gasteiger partial charge is 0.0897 e. The molecule has 0 aromatic heterocycles. The predicted octanol–water partition coefficient (Wildman–Crippen LogP) is 1.33. The Morgan fingerprint density at radius 1 is 1.26 bits per heavy atom. The van der Waals surface area contributed by atoms with Crippen LogP contribution in [0.15, 0.2) is 30.3 Å². The minimum Gasteiger partial charge on any atom is -0.389 e. The topological polar surface area (TPSA) is 50.7 Å². The van der Waals surface area contributed by atoms with Gasteiger partial charge in [-0.2, -0.15) is 0 Å². The van der Waals surface area contributed by atoms with Crippen molar-refractivity contribution in [2.24, 2.45) is 0 Å². The number of ether oxygens (including phenoxy) is 2. The van der Waals surface area contributed by atoms with Crippen molar-refractivity contribution in [1.29, 1.82) is 0 Å². The lowest BCUT2D eigenvalue weighted by Crippen LogP contribution is -2.40.